The van der Waals surface area contributed by atoms with E-state index in [1.54, 1.807) is 43.3 Å². The highest BCUT2D eigenvalue weighted by Crippen LogP contribution is 2.29. The van der Waals surface area contributed by atoms with Gasteiger partial charge in [-0.1, -0.05) is 32.4 Å². The van der Waals surface area contributed by atoms with Crippen LogP contribution in [0.4, 0.5) is 11.4 Å². The van der Waals surface area contributed by atoms with E-state index in [0.717, 1.165) is 23.7 Å². The lowest BCUT2D eigenvalue weighted by Crippen LogP contribution is -2.50. The van der Waals surface area contributed by atoms with Crippen LogP contribution >= 0.6 is 0 Å². The molecule has 0 spiro atoms. The first kappa shape index (κ1) is 25.4. The van der Waals surface area contributed by atoms with Crippen LogP contribution in [-0.4, -0.2) is 67.0 Å². The second-order valence-corrected chi connectivity index (χ2v) is 9.07. The zero-order valence-corrected chi connectivity index (χ0v) is 20.7. The van der Waals surface area contributed by atoms with Crippen LogP contribution in [0, 0.1) is 5.92 Å². The Morgan fingerprint density at radius 2 is 1.56 bits per heavy atom. The third kappa shape index (κ3) is 5.11. The van der Waals surface area contributed by atoms with Crippen LogP contribution in [0.3, 0.4) is 0 Å². The molecule has 1 saturated heterocycles. The Morgan fingerprint density at radius 1 is 0.972 bits per heavy atom. The molecule has 2 heterocycles. The minimum Gasteiger partial charge on any atom is -0.451 e. The lowest BCUT2D eigenvalue weighted by atomic mass is 9.97. The van der Waals surface area contributed by atoms with E-state index in [1.807, 2.05) is 19.1 Å². The van der Waals surface area contributed by atoms with Crippen LogP contribution in [0.15, 0.2) is 48.5 Å². The summed E-state index contributed by atoms with van der Waals surface area (Å²) in [6.45, 7) is 8.08. The molecular weight excluding hydrogens is 462 g/mol. The van der Waals surface area contributed by atoms with Crippen molar-refractivity contribution in [3.63, 3.8) is 0 Å². The van der Waals surface area contributed by atoms with Gasteiger partial charge < -0.3 is 19.7 Å². The lowest BCUT2D eigenvalue weighted by Gasteiger charge is -2.30. The molecule has 0 aromatic heterocycles. The minimum atomic E-state index is -1.13. The highest BCUT2D eigenvalue weighted by atomic mass is 16.5. The van der Waals surface area contributed by atoms with Crippen LogP contribution in [0.25, 0.3) is 0 Å². The van der Waals surface area contributed by atoms with E-state index in [1.165, 1.54) is 6.92 Å². The fourth-order valence-corrected chi connectivity index (χ4v) is 4.39. The number of esters is 1. The van der Waals surface area contributed by atoms with Crippen molar-refractivity contribution in [2.45, 2.75) is 39.3 Å². The van der Waals surface area contributed by atoms with Gasteiger partial charge in [-0.2, -0.15) is 0 Å². The van der Waals surface area contributed by atoms with Crippen molar-refractivity contribution in [1.82, 2.24) is 4.90 Å². The van der Waals surface area contributed by atoms with E-state index in [0.29, 0.717) is 25.3 Å². The Morgan fingerprint density at radius 3 is 2.11 bits per heavy atom. The Balaban J connectivity index is 1.41. The molecule has 0 saturated carbocycles. The second kappa shape index (κ2) is 10.9. The molecule has 2 aromatic carbocycles. The molecule has 0 unspecified atom stereocenters. The maximum absolute atomic E-state index is 13.2. The molecule has 0 radical (unpaired) electrons. The Bertz CT molecular complexity index is 1110. The van der Waals surface area contributed by atoms with Gasteiger partial charge in [-0.15, -0.1) is 0 Å². The number of hydrogen-bond donors (Lipinski definition) is 1. The molecule has 9 heteroatoms. The van der Waals surface area contributed by atoms with Gasteiger partial charge in [0.05, 0.1) is 24.3 Å². The maximum Gasteiger partial charge on any atom is 0.330 e. The first-order valence-electron chi connectivity index (χ1n) is 12.2. The van der Waals surface area contributed by atoms with Gasteiger partial charge in [0, 0.05) is 24.5 Å². The van der Waals surface area contributed by atoms with Gasteiger partial charge in [-0.05, 0) is 49.2 Å². The van der Waals surface area contributed by atoms with Gasteiger partial charge in [0.15, 0.2) is 6.10 Å². The molecular formula is C27H31N3O6. The zero-order chi connectivity index (χ0) is 25.8. The second-order valence-electron chi connectivity index (χ2n) is 9.07. The quantitative estimate of drug-likeness (QED) is 0.445. The number of nitrogens with zero attached hydrogens (tertiary/aromatic N) is 2. The molecule has 0 bridgehead atoms. The third-order valence-corrected chi connectivity index (χ3v) is 6.70. The van der Waals surface area contributed by atoms with Crippen LogP contribution in [0.2, 0.25) is 0 Å². The molecule has 0 aliphatic carbocycles. The van der Waals surface area contributed by atoms with Crippen LogP contribution < -0.4 is 10.2 Å². The van der Waals surface area contributed by atoms with E-state index < -0.39 is 35.8 Å². The predicted molar refractivity (Wildman–Crippen MR) is 134 cm³/mol. The summed E-state index contributed by atoms with van der Waals surface area (Å²) in [6.07, 6.45) is -0.596. The molecule has 2 aliphatic heterocycles. The lowest BCUT2D eigenvalue weighted by molar-refractivity contribution is -0.158. The molecule has 2 aliphatic rings. The number of carbonyl (C=O) groups excluding carboxylic acids is 4. The highest BCUT2D eigenvalue weighted by Gasteiger charge is 2.45. The van der Waals surface area contributed by atoms with E-state index in [-0.39, 0.29) is 17.0 Å². The van der Waals surface area contributed by atoms with Crippen LogP contribution in [-0.2, 0) is 19.1 Å². The topological polar surface area (TPSA) is 105 Å². The fourth-order valence-electron chi connectivity index (χ4n) is 4.39. The smallest absolute Gasteiger partial charge is 0.330 e. The number of anilines is 2. The van der Waals surface area contributed by atoms with Gasteiger partial charge >= 0.3 is 5.97 Å². The summed E-state index contributed by atoms with van der Waals surface area (Å²) in [7, 11) is 0. The molecule has 2 aromatic rings. The van der Waals surface area contributed by atoms with E-state index in [2.05, 4.69) is 10.2 Å². The van der Waals surface area contributed by atoms with E-state index >= 15 is 0 Å². The number of morpholine rings is 1. The van der Waals surface area contributed by atoms with Gasteiger partial charge in [-0.3, -0.25) is 19.3 Å². The van der Waals surface area contributed by atoms with Crippen molar-refractivity contribution in [1.29, 1.82) is 0 Å². The van der Waals surface area contributed by atoms with Crippen molar-refractivity contribution < 1.29 is 28.7 Å². The van der Waals surface area contributed by atoms with Gasteiger partial charge in [0.25, 0.3) is 17.7 Å². The number of hydrogen-bond acceptors (Lipinski definition) is 7. The van der Waals surface area contributed by atoms with Gasteiger partial charge in [0.2, 0.25) is 0 Å². The monoisotopic (exact) mass is 493 g/mol. The Labute approximate surface area is 210 Å². The summed E-state index contributed by atoms with van der Waals surface area (Å²) in [6, 6.07) is 12.7. The number of nitrogens with one attached hydrogen (secondary N) is 1. The van der Waals surface area contributed by atoms with Gasteiger partial charge in [0.1, 0.15) is 6.04 Å². The number of ether oxygens (including phenoxy) is 2. The molecule has 3 amide bonds. The minimum absolute atomic E-state index is 0.259. The summed E-state index contributed by atoms with van der Waals surface area (Å²) in [5.74, 6) is -2.72. The van der Waals surface area contributed by atoms with Crippen LogP contribution in [0.1, 0.15) is 47.9 Å². The number of benzene rings is 2. The average Bonchev–Trinajstić information content (AvgIpc) is 3.15. The Hall–Kier alpha value is -3.72. The highest BCUT2D eigenvalue weighted by molar-refractivity contribution is 6.22. The third-order valence-electron chi connectivity index (χ3n) is 6.70. The molecule has 190 valence electrons. The normalized spacial score (nSPS) is 17.9. The molecule has 3 atom stereocenters. The molecule has 36 heavy (non-hydrogen) atoms. The van der Waals surface area contributed by atoms with Crippen molar-refractivity contribution >= 4 is 35.1 Å². The van der Waals surface area contributed by atoms with E-state index in [9.17, 15) is 19.2 Å². The molecule has 1 N–H and O–H groups in total. The number of fused-ring (bicyclic) bond motifs is 1. The summed E-state index contributed by atoms with van der Waals surface area (Å²) in [5.41, 5.74) is 2.12. The number of imide groups is 1. The number of amides is 3. The zero-order valence-electron chi connectivity index (χ0n) is 20.7. The maximum atomic E-state index is 13.2. The Kier molecular flexibility index (Phi) is 7.69. The molecule has 4 rings (SSSR count). The van der Waals surface area contributed by atoms with Gasteiger partial charge in [-0.25, -0.2) is 4.79 Å². The van der Waals surface area contributed by atoms with Crippen molar-refractivity contribution in [3.8, 4) is 0 Å². The largest absolute Gasteiger partial charge is 0.451 e. The first-order valence-corrected chi connectivity index (χ1v) is 12.2. The summed E-state index contributed by atoms with van der Waals surface area (Å²) in [5, 5.41) is 2.75. The summed E-state index contributed by atoms with van der Waals surface area (Å²) in [4.78, 5) is 55.1. The summed E-state index contributed by atoms with van der Waals surface area (Å²) < 4.78 is 10.9. The van der Waals surface area contributed by atoms with Crippen molar-refractivity contribution in [2.75, 3.05) is 36.5 Å². The van der Waals surface area contributed by atoms with Crippen molar-refractivity contribution in [2.24, 2.45) is 5.92 Å². The first-order chi connectivity index (χ1) is 17.3. The SMILES string of the molecule is CC[C@@H](C)[C@@H](C(=O)O[C@@H](C)C(=O)Nc1ccc(N2CCOCC2)cc1)N1C(=O)c2ccccc2C1=O. The number of rotatable bonds is 8. The summed E-state index contributed by atoms with van der Waals surface area (Å²) >= 11 is 0. The average molecular weight is 494 g/mol. The fraction of sp³-hybridized carbons (Fsp3) is 0.407. The van der Waals surface area contributed by atoms with Crippen LogP contribution in [0.5, 0.6) is 0 Å². The molecule has 1 fully saturated rings. The number of carbonyl (C=O) groups is 4. The van der Waals surface area contributed by atoms with E-state index in [4.69, 9.17) is 9.47 Å². The standard InChI is InChI=1S/C27H31N3O6/c1-4-17(2)23(30-25(32)21-7-5-6-8-22(21)26(30)33)27(34)36-18(3)24(31)28-19-9-11-20(12-10-19)29-13-15-35-16-14-29/h5-12,17-18,23H,4,13-16H2,1-3H3,(H,28,31)/t17-,18+,23+/m1/s1. The molecule has 9 nitrogen and oxygen atoms in total. The van der Waals surface area contributed by atoms with Crippen molar-refractivity contribution in [3.05, 3.63) is 59.7 Å². The predicted octanol–water partition coefficient (Wildman–Crippen LogP) is 3.10.